The maximum Gasteiger partial charge on any atom is 0.207 e. The van der Waals surface area contributed by atoms with Crippen LogP contribution in [0.15, 0.2) is 30.3 Å². The molecular formula is C18H14F5NOS. The van der Waals surface area contributed by atoms with Gasteiger partial charge in [0.15, 0.2) is 5.75 Å². The second kappa shape index (κ2) is 7.28. The minimum absolute atomic E-state index is 0.222. The van der Waals surface area contributed by atoms with Gasteiger partial charge in [0, 0.05) is 12.8 Å². The number of benzene rings is 2. The summed E-state index contributed by atoms with van der Waals surface area (Å²) in [5, 5.41) is 3.06. The first-order valence-electron chi connectivity index (χ1n) is 7.88. The largest absolute Gasteiger partial charge is 0.475 e. The summed E-state index contributed by atoms with van der Waals surface area (Å²) in [6, 6.07) is 8.64. The maximum absolute atomic E-state index is 14.1. The Morgan fingerprint density at radius 1 is 0.846 bits per heavy atom. The van der Waals surface area contributed by atoms with E-state index in [-0.39, 0.29) is 17.7 Å². The molecule has 0 aliphatic carbocycles. The summed E-state index contributed by atoms with van der Waals surface area (Å²) in [5.74, 6) is -11.6. The molecule has 0 atom stereocenters. The summed E-state index contributed by atoms with van der Waals surface area (Å²) < 4.78 is 74.0. The van der Waals surface area contributed by atoms with Gasteiger partial charge in [0.2, 0.25) is 29.1 Å². The summed E-state index contributed by atoms with van der Waals surface area (Å²) in [7, 11) is 0. The average molecular weight is 387 g/mol. The highest BCUT2D eigenvalue weighted by molar-refractivity contribution is 7.81. The van der Waals surface area contributed by atoms with Crippen molar-refractivity contribution in [1.29, 1.82) is 0 Å². The molecule has 138 valence electrons. The van der Waals surface area contributed by atoms with Gasteiger partial charge in [-0.05, 0) is 18.7 Å². The molecule has 8 heteroatoms. The summed E-state index contributed by atoms with van der Waals surface area (Å²) in [4.78, 5) is 0.253. The fraction of sp³-hybridized carbons (Fsp3) is 0.278. The molecule has 0 radical (unpaired) electrons. The highest BCUT2D eigenvalue weighted by Gasteiger charge is 2.42. The van der Waals surface area contributed by atoms with Gasteiger partial charge in [-0.15, -0.1) is 0 Å². The second-order valence-electron chi connectivity index (χ2n) is 5.94. The van der Waals surface area contributed by atoms with Crippen LogP contribution >= 0.6 is 12.2 Å². The third-order valence-electron chi connectivity index (χ3n) is 4.33. The van der Waals surface area contributed by atoms with E-state index in [9.17, 15) is 22.0 Å². The molecule has 0 saturated carbocycles. The molecule has 1 heterocycles. The zero-order chi connectivity index (χ0) is 18.9. The first-order chi connectivity index (χ1) is 12.4. The molecule has 0 unspecified atom stereocenters. The van der Waals surface area contributed by atoms with Crippen molar-refractivity contribution in [3.8, 4) is 5.75 Å². The van der Waals surface area contributed by atoms with Gasteiger partial charge >= 0.3 is 0 Å². The number of hydrogen-bond acceptors (Lipinski definition) is 3. The molecular weight excluding hydrogens is 373 g/mol. The van der Waals surface area contributed by atoms with E-state index in [1.54, 1.807) is 30.3 Å². The molecule has 2 aromatic rings. The SMILES string of the molecule is Fc1c(F)c(F)c(OC2(C(=S)c3ccccc3)CCNCC2)c(F)c1F. The number of nitrogens with one attached hydrogen (secondary N) is 1. The van der Waals surface area contributed by atoms with E-state index in [1.165, 1.54) is 0 Å². The summed E-state index contributed by atoms with van der Waals surface area (Å²) in [6.07, 6.45) is 0.445. The summed E-state index contributed by atoms with van der Waals surface area (Å²) >= 11 is 5.47. The monoisotopic (exact) mass is 387 g/mol. The Morgan fingerprint density at radius 3 is 1.88 bits per heavy atom. The van der Waals surface area contributed by atoms with Crippen LogP contribution in [0.2, 0.25) is 0 Å². The molecule has 0 spiro atoms. The van der Waals surface area contributed by atoms with Crippen molar-refractivity contribution < 1.29 is 26.7 Å². The first kappa shape index (κ1) is 18.7. The van der Waals surface area contributed by atoms with Crippen molar-refractivity contribution in [2.75, 3.05) is 13.1 Å². The lowest BCUT2D eigenvalue weighted by atomic mass is 9.85. The molecule has 2 nitrogen and oxygen atoms in total. The van der Waals surface area contributed by atoms with Gasteiger partial charge in [-0.1, -0.05) is 42.5 Å². The molecule has 1 aliphatic rings. The van der Waals surface area contributed by atoms with E-state index in [1.807, 2.05) is 0 Å². The highest BCUT2D eigenvalue weighted by atomic mass is 32.1. The average Bonchev–Trinajstić information content (AvgIpc) is 2.69. The van der Waals surface area contributed by atoms with Crippen molar-refractivity contribution in [3.63, 3.8) is 0 Å². The van der Waals surface area contributed by atoms with Crippen LogP contribution in [0, 0.1) is 29.1 Å². The van der Waals surface area contributed by atoms with E-state index >= 15 is 0 Å². The lowest BCUT2D eigenvalue weighted by Gasteiger charge is -2.38. The lowest BCUT2D eigenvalue weighted by molar-refractivity contribution is 0.0929. The van der Waals surface area contributed by atoms with Gasteiger partial charge in [-0.2, -0.15) is 8.78 Å². The Labute approximate surface area is 152 Å². The fourth-order valence-electron chi connectivity index (χ4n) is 2.93. The molecule has 0 aromatic heterocycles. The van der Waals surface area contributed by atoms with Crippen LogP contribution in [-0.2, 0) is 0 Å². The maximum atomic E-state index is 14.1. The van der Waals surface area contributed by atoms with E-state index in [2.05, 4.69) is 5.32 Å². The molecule has 0 amide bonds. The Bertz CT molecular complexity index is 808. The highest BCUT2D eigenvalue weighted by Crippen LogP contribution is 2.36. The lowest BCUT2D eigenvalue weighted by Crippen LogP contribution is -2.52. The van der Waals surface area contributed by atoms with Crippen molar-refractivity contribution in [2.45, 2.75) is 18.4 Å². The Balaban J connectivity index is 2.08. The molecule has 1 N–H and O–H groups in total. The van der Waals surface area contributed by atoms with E-state index in [0.29, 0.717) is 18.7 Å². The smallest absolute Gasteiger partial charge is 0.207 e. The van der Waals surface area contributed by atoms with Crippen LogP contribution in [0.3, 0.4) is 0 Å². The number of piperidine rings is 1. The fourth-order valence-corrected chi connectivity index (χ4v) is 3.31. The molecule has 2 aromatic carbocycles. The second-order valence-corrected chi connectivity index (χ2v) is 6.35. The van der Waals surface area contributed by atoms with Crippen LogP contribution in [0.1, 0.15) is 18.4 Å². The number of halogens is 5. The van der Waals surface area contributed by atoms with Gasteiger partial charge in [0.25, 0.3) is 0 Å². The quantitative estimate of drug-likeness (QED) is 0.278. The van der Waals surface area contributed by atoms with Crippen LogP contribution in [0.4, 0.5) is 22.0 Å². The van der Waals surface area contributed by atoms with Gasteiger partial charge in [0.1, 0.15) is 5.60 Å². The predicted molar refractivity (Wildman–Crippen MR) is 89.8 cm³/mol. The van der Waals surface area contributed by atoms with Crippen molar-refractivity contribution in [2.24, 2.45) is 0 Å². The van der Waals surface area contributed by atoms with Crippen LogP contribution < -0.4 is 10.1 Å². The van der Waals surface area contributed by atoms with Crippen molar-refractivity contribution in [3.05, 3.63) is 65.0 Å². The minimum Gasteiger partial charge on any atom is -0.475 e. The van der Waals surface area contributed by atoms with Gasteiger partial charge in [0.05, 0.1) is 4.86 Å². The third-order valence-corrected chi connectivity index (χ3v) is 4.94. The molecule has 26 heavy (non-hydrogen) atoms. The minimum atomic E-state index is -2.22. The normalized spacial score (nSPS) is 16.3. The molecule has 3 rings (SSSR count). The van der Waals surface area contributed by atoms with E-state index < -0.39 is 40.4 Å². The van der Waals surface area contributed by atoms with Crippen molar-refractivity contribution >= 4 is 17.1 Å². The first-order valence-corrected chi connectivity index (χ1v) is 8.29. The Morgan fingerprint density at radius 2 is 1.35 bits per heavy atom. The van der Waals surface area contributed by atoms with E-state index in [4.69, 9.17) is 17.0 Å². The zero-order valence-electron chi connectivity index (χ0n) is 13.4. The predicted octanol–water partition coefficient (Wildman–Crippen LogP) is 4.30. The number of rotatable bonds is 4. The van der Waals surface area contributed by atoms with Gasteiger partial charge in [-0.3, -0.25) is 0 Å². The Kier molecular flexibility index (Phi) is 5.24. The van der Waals surface area contributed by atoms with Gasteiger partial charge < -0.3 is 10.1 Å². The molecule has 0 bridgehead atoms. The topological polar surface area (TPSA) is 21.3 Å². The van der Waals surface area contributed by atoms with Crippen LogP contribution in [-0.4, -0.2) is 23.6 Å². The molecule has 1 fully saturated rings. The van der Waals surface area contributed by atoms with Crippen LogP contribution in [0.5, 0.6) is 5.75 Å². The standard InChI is InChI=1S/C18H14F5NOS/c19-11-12(20)14(22)16(15(23)13(11)21)25-18(6-8-24-9-7-18)17(26)10-4-2-1-3-5-10/h1-5,24H,6-9H2. The van der Waals surface area contributed by atoms with E-state index in [0.717, 1.165) is 0 Å². The van der Waals surface area contributed by atoms with Crippen LogP contribution in [0.25, 0.3) is 0 Å². The van der Waals surface area contributed by atoms with Crippen molar-refractivity contribution in [1.82, 2.24) is 5.32 Å². The zero-order valence-corrected chi connectivity index (χ0v) is 14.2. The Hall–Kier alpha value is -2.06. The molecule has 1 saturated heterocycles. The third kappa shape index (κ3) is 3.19. The number of thiocarbonyl (C=S) groups is 1. The molecule has 1 aliphatic heterocycles. The van der Waals surface area contributed by atoms with Gasteiger partial charge in [-0.25, -0.2) is 13.2 Å². The number of ether oxygens (including phenoxy) is 1. The number of hydrogen-bond donors (Lipinski definition) is 1. The summed E-state index contributed by atoms with van der Waals surface area (Å²) in [6.45, 7) is 0.838. The summed E-state index contributed by atoms with van der Waals surface area (Å²) in [5.41, 5.74) is -0.770.